The van der Waals surface area contributed by atoms with Crippen LogP contribution in [0.2, 0.25) is 0 Å². The van der Waals surface area contributed by atoms with Crippen LogP contribution in [0.25, 0.3) is 0 Å². The van der Waals surface area contributed by atoms with E-state index in [4.69, 9.17) is 5.73 Å². The Bertz CT molecular complexity index is 158. The largest absolute Gasteiger partial charge is 0.362 e. The van der Waals surface area contributed by atoms with Gasteiger partial charge < -0.3 is 11.1 Å². The second-order valence-corrected chi connectivity index (χ2v) is 2.86. The number of nitrogens with one attached hydrogen (secondary N) is 1. The summed E-state index contributed by atoms with van der Waals surface area (Å²) < 4.78 is 0. The molecule has 1 atom stereocenters. The van der Waals surface area contributed by atoms with Crippen LogP contribution in [-0.4, -0.2) is 6.17 Å². The minimum Gasteiger partial charge on any atom is -0.362 e. The molecular formula is C6H10N2S. The molecule has 2 nitrogen and oxygen atoms in total. The zero-order valence-corrected chi connectivity index (χ0v) is 6.11. The average Bonchev–Trinajstić information content (AvgIpc) is 2.15. The lowest BCUT2D eigenvalue weighted by Crippen LogP contribution is -2.24. The quantitative estimate of drug-likeness (QED) is 0.613. The first-order valence-electron chi connectivity index (χ1n) is 2.84. The first kappa shape index (κ1) is 6.58. The van der Waals surface area contributed by atoms with Crippen LogP contribution in [0.4, 0.5) is 5.00 Å². The van der Waals surface area contributed by atoms with Crippen LogP contribution in [0.1, 0.15) is 6.92 Å². The minimum atomic E-state index is 0.0450. The van der Waals surface area contributed by atoms with Crippen molar-refractivity contribution >= 4 is 16.3 Å². The number of nitrogens with two attached hydrogens (primary N) is 1. The lowest BCUT2D eigenvalue weighted by Gasteiger charge is -2.05. The van der Waals surface area contributed by atoms with Gasteiger partial charge in [0, 0.05) is 0 Å². The highest BCUT2D eigenvalue weighted by atomic mass is 32.1. The highest BCUT2D eigenvalue weighted by Gasteiger charge is 1.92. The molecular weight excluding hydrogens is 132 g/mol. The molecule has 3 heteroatoms. The van der Waals surface area contributed by atoms with Crippen LogP contribution in [0.3, 0.4) is 0 Å². The predicted molar refractivity (Wildman–Crippen MR) is 41.6 cm³/mol. The summed E-state index contributed by atoms with van der Waals surface area (Å²) in [6.07, 6.45) is 0.0450. The molecule has 0 saturated heterocycles. The number of hydrogen-bond donors (Lipinski definition) is 2. The molecule has 3 N–H and O–H groups in total. The third kappa shape index (κ3) is 2.03. The fourth-order valence-corrected chi connectivity index (χ4v) is 1.30. The van der Waals surface area contributed by atoms with Crippen molar-refractivity contribution in [1.82, 2.24) is 0 Å². The van der Waals surface area contributed by atoms with Gasteiger partial charge in [0.15, 0.2) is 0 Å². The fourth-order valence-electron chi connectivity index (χ4n) is 0.585. The van der Waals surface area contributed by atoms with Crippen molar-refractivity contribution in [2.24, 2.45) is 5.73 Å². The van der Waals surface area contributed by atoms with Crippen LogP contribution >= 0.6 is 11.3 Å². The number of thiophene rings is 1. The van der Waals surface area contributed by atoms with Crippen LogP contribution in [0.5, 0.6) is 0 Å². The lowest BCUT2D eigenvalue weighted by molar-refractivity contribution is 0.856. The van der Waals surface area contributed by atoms with E-state index in [2.05, 4.69) is 5.32 Å². The minimum absolute atomic E-state index is 0.0450. The van der Waals surface area contributed by atoms with Gasteiger partial charge in [-0.2, -0.15) is 0 Å². The fraction of sp³-hybridized carbons (Fsp3) is 0.333. The van der Waals surface area contributed by atoms with E-state index in [1.54, 1.807) is 11.3 Å². The third-order valence-corrected chi connectivity index (χ3v) is 1.69. The van der Waals surface area contributed by atoms with Crippen molar-refractivity contribution in [2.45, 2.75) is 13.1 Å². The Labute approximate surface area is 58.7 Å². The first-order chi connectivity index (χ1) is 4.29. The molecule has 0 aliphatic rings. The Morgan fingerprint density at radius 1 is 1.78 bits per heavy atom. The summed E-state index contributed by atoms with van der Waals surface area (Å²) in [6.45, 7) is 1.92. The molecule has 0 saturated carbocycles. The number of hydrogen-bond acceptors (Lipinski definition) is 3. The van der Waals surface area contributed by atoms with Gasteiger partial charge in [0.2, 0.25) is 0 Å². The highest BCUT2D eigenvalue weighted by Crippen LogP contribution is 2.14. The summed E-state index contributed by atoms with van der Waals surface area (Å²) >= 11 is 1.66. The Morgan fingerprint density at radius 2 is 2.56 bits per heavy atom. The molecule has 0 aromatic carbocycles. The molecule has 0 bridgehead atoms. The van der Waals surface area contributed by atoms with Crippen molar-refractivity contribution in [1.29, 1.82) is 0 Å². The average molecular weight is 142 g/mol. The molecule has 1 unspecified atom stereocenters. The second-order valence-electron chi connectivity index (χ2n) is 1.91. The zero-order chi connectivity index (χ0) is 6.69. The van der Waals surface area contributed by atoms with E-state index < -0.39 is 0 Å². The molecule has 1 rings (SSSR count). The molecule has 0 radical (unpaired) electrons. The van der Waals surface area contributed by atoms with Crippen molar-refractivity contribution in [3.63, 3.8) is 0 Å². The molecule has 0 amide bonds. The van der Waals surface area contributed by atoms with Crippen LogP contribution in [0.15, 0.2) is 17.5 Å². The predicted octanol–water partition coefficient (Wildman–Crippen LogP) is 1.46. The second kappa shape index (κ2) is 2.85. The normalized spacial score (nSPS) is 13.1. The SMILES string of the molecule is CC(N)Nc1cccs1. The number of anilines is 1. The molecule has 1 aromatic rings. The summed E-state index contributed by atoms with van der Waals surface area (Å²) in [5.41, 5.74) is 5.48. The van der Waals surface area contributed by atoms with Crippen molar-refractivity contribution in [3.05, 3.63) is 17.5 Å². The maximum Gasteiger partial charge on any atom is 0.0894 e. The van der Waals surface area contributed by atoms with E-state index in [1.165, 1.54) is 0 Å². The van der Waals surface area contributed by atoms with Gasteiger partial charge in [-0.15, -0.1) is 11.3 Å². The molecule has 1 heterocycles. The van der Waals surface area contributed by atoms with Gasteiger partial charge in [-0.25, -0.2) is 0 Å². The van der Waals surface area contributed by atoms with Gasteiger partial charge in [0.25, 0.3) is 0 Å². The standard InChI is InChI=1S/C6H10N2S/c1-5(7)8-6-3-2-4-9-6/h2-5,8H,7H2,1H3. The molecule has 0 aliphatic carbocycles. The maximum atomic E-state index is 5.48. The summed E-state index contributed by atoms with van der Waals surface area (Å²) in [6, 6.07) is 4.00. The van der Waals surface area contributed by atoms with E-state index in [-0.39, 0.29) is 6.17 Å². The Hall–Kier alpha value is -0.540. The van der Waals surface area contributed by atoms with E-state index in [0.29, 0.717) is 0 Å². The Morgan fingerprint density at radius 3 is 3.00 bits per heavy atom. The lowest BCUT2D eigenvalue weighted by atomic mass is 10.5. The molecule has 0 spiro atoms. The van der Waals surface area contributed by atoms with Crippen LogP contribution < -0.4 is 11.1 Å². The Balaban J connectivity index is 2.48. The van der Waals surface area contributed by atoms with Gasteiger partial charge in [-0.1, -0.05) is 0 Å². The zero-order valence-electron chi connectivity index (χ0n) is 5.29. The van der Waals surface area contributed by atoms with Crippen molar-refractivity contribution in [3.8, 4) is 0 Å². The van der Waals surface area contributed by atoms with Crippen LogP contribution in [0, 0.1) is 0 Å². The summed E-state index contributed by atoms with van der Waals surface area (Å²) in [7, 11) is 0. The molecule has 9 heavy (non-hydrogen) atoms. The van der Waals surface area contributed by atoms with Crippen LogP contribution in [-0.2, 0) is 0 Å². The van der Waals surface area contributed by atoms with E-state index >= 15 is 0 Å². The monoisotopic (exact) mass is 142 g/mol. The molecule has 0 aliphatic heterocycles. The van der Waals surface area contributed by atoms with E-state index in [0.717, 1.165) is 5.00 Å². The van der Waals surface area contributed by atoms with Gasteiger partial charge in [0.1, 0.15) is 0 Å². The van der Waals surface area contributed by atoms with Gasteiger partial charge in [-0.05, 0) is 24.4 Å². The van der Waals surface area contributed by atoms with Gasteiger partial charge in [-0.3, -0.25) is 0 Å². The molecule has 50 valence electrons. The molecule has 0 fully saturated rings. The summed E-state index contributed by atoms with van der Waals surface area (Å²) in [5.74, 6) is 0. The number of rotatable bonds is 2. The summed E-state index contributed by atoms with van der Waals surface area (Å²) in [4.78, 5) is 0. The summed E-state index contributed by atoms with van der Waals surface area (Å²) in [5, 5.41) is 6.23. The van der Waals surface area contributed by atoms with E-state index in [1.807, 2.05) is 24.4 Å². The van der Waals surface area contributed by atoms with Crippen molar-refractivity contribution in [2.75, 3.05) is 5.32 Å². The molecule has 1 aromatic heterocycles. The van der Waals surface area contributed by atoms with E-state index in [9.17, 15) is 0 Å². The first-order valence-corrected chi connectivity index (χ1v) is 3.72. The van der Waals surface area contributed by atoms with Gasteiger partial charge >= 0.3 is 0 Å². The highest BCUT2D eigenvalue weighted by molar-refractivity contribution is 7.14. The maximum absolute atomic E-state index is 5.48. The van der Waals surface area contributed by atoms with Gasteiger partial charge in [0.05, 0.1) is 11.2 Å². The van der Waals surface area contributed by atoms with Crippen molar-refractivity contribution < 1.29 is 0 Å². The Kier molecular flexibility index (Phi) is 2.08. The topological polar surface area (TPSA) is 38.0 Å². The smallest absolute Gasteiger partial charge is 0.0894 e. The third-order valence-electron chi connectivity index (χ3n) is 0.891.